The second-order valence-electron chi connectivity index (χ2n) is 6.38. The van der Waals surface area contributed by atoms with Crippen LogP contribution >= 0.6 is 0 Å². The lowest BCUT2D eigenvalue weighted by molar-refractivity contribution is 0.0616. The molecule has 1 aromatic heterocycles. The van der Waals surface area contributed by atoms with Crippen molar-refractivity contribution in [1.29, 1.82) is 0 Å². The fraction of sp³-hybridized carbons (Fsp3) is 0.765. The summed E-state index contributed by atoms with van der Waals surface area (Å²) in [5.74, 6) is 0.934. The molecule has 0 saturated carbocycles. The molecule has 21 heavy (non-hydrogen) atoms. The zero-order chi connectivity index (χ0) is 15.8. The Kier molecular flexibility index (Phi) is 8.01. The number of hydrogen-bond acceptors (Lipinski definition) is 4. The van der Waals surface area contributed by atoms with Gasteiger partial charge in [-0.25, -0.2) is 0 Å². The topological polar surface area (TPSA) is 37.6 Å². The predicted octanol–water partition coefficient (Wildman–Crippen LogP) is 3.41. The van der Waals surface area contributed by atoms with Gasteiger partial charge in [-0.2, -0.15) is 0 Å². The van der Waals surface area contributed by atoms with Crippen LogP contribution in [0.2, 0.25) is 0 Å². The molecule has 0 atom stereocenters. The van der Waals surface area contributed by atoms with Crippen LogP contribution in [0.5, 0.6) is 0 Å². The van der Waals surface area contributed by atoms with Gasteiger partial charge in [0.25, 0.3) is 0 Å². The first kappa shape index (κ1) is 18.2. The van der Waals surface area contributed by atoms with Crippen LogP contribution in [0, 0.1) is 0 Å². The van der Waals surface area contributed by atoms with Crippen LogP contribution in [0.25, 0.3) is 0 Å². The predicted molar refractivity (Wildman–Crippen MR) is 87.3 cm³/mol. The van der Waals surface area contributed by atoms with Crippen molar-refractivity contribution in [2.75, 3.05) is 13.2 Å². The average molecular weight is 296 g/mol. The maximum absolute atomic E-state index is 5.79. The molecule has 0 unspecified atom stereocenters. The van der Waals surface area contributed by atoms with Crippen LogP contribution in [0.15, 0.2) is 16.7 Å². The Morgan fingerprint density at radius 3 is 2.38 bits per heavy atom. The minimum absolute atomic E-state index is 0.472. The highest BCUT2D eigenvalue weighted by Gasteiger charge is 2.13. The molecule has 1 rings (SSSR count). The van der Waals surface area contributed by atoms with Gasteiger partial charge in [-0.1, -0.05) is 13.8 Å². The Morgan fingerprint density at radius 1 is 1.14 bits per heavy atom. The summed E-state index contributed by atoms with van der Waals surface area (Å²) in [6.45, 7) is 16.2. The van der Waals surface area contributed by atoms with Gasteiger partial charge >= 0.3 is 0 Å². The van der Waals surface area contributed by atoms with Crippen LogP contribution in [-0.4, -0.2) is 36.2 Å². The fourth-order valence-electron chi connectivity index (χ4n) is 2.41. The van der Waals surface area contributed by atoms with Gasteiger partial charge in [0.05, 0.1) is 12.9 Å². The van der Waals surface area contributed by atoms with Gasteiger partial charge in [-0.15, -0.1) is 0 Å². The molecule has 1 aromatic rings. The molecule has 4 heteroatoms. The van der Waals surface area contributed by atoms with E-state index >= 15 is 0 Å². The van der Waals surface area contributed by atoms with Crippen molar-refractivity contribution in [1.82, 2.24) is 10.2 Å². The Morgan fingerprint density at radius 2 is 1.81 bits per heavy atom. The van der Waals surface area contributed by atoms with Crippen molar-refractivity contribution in [3.05, 3.63) is 23.7 Å². The highest BCUT2D eigenvalue weighted by Crippen LogP contribution is 2.12. The molecule has 0 fully saturated rings. The first-order valence-corrected chi connectivity index (χ1v) is 8.04. The van der Waals surface area contributed by atoms with E-state index in [2.05, 4.69) is 51.8 Å². The molecule has 0 spiro atoms. The molecule has 122 valence electrons. The summed E-state index contributed by atoms with van der Waals surface area (Å²) in [4.78, 5) is 2.43. The average Bonchev–Trinajstić information content (AvgIpc) is 2.82. The summed E-state index contributed by atoms with van der Waals surface area (Å²) in [6.07, 6.45) is 1.74. The summed E-state index contributed by atoms with van der Waals surface area (Å²) < 4.78 is 11.3. The number of hydrogen-bond donors (Lipinski definition) is 1. The summed E-state index contributed by atoms with van der Waals surface area (Å²) in [5, 5.41) is 3.40. The summed E-state index contributed by atoms with van der Waals surface area (Å²) >= 11 is 0. The molecular formula is C17H32N2O2. The standard InChI is InChI=1S/C17H32N2O2/c1-13(2)18-11-16-7-9-21-17(16)12-20-10-8-19(14(3)4)15(5)6/h7,9,13-15,18H,8,10-12H2,1-6H3. The zero-order valence-electron chi connectivity index (χ0n) is 14.5. The molecule has 1 N–H and O–H groups in total. The van der Waals surface area contributed by atoms with Crippen LogP contribution < -0.4 is 5.32 Å². The highest BCUT2D eigenvalue weighted by atomic mass is 16.5. The van der Waals surface area contributed by atoms with Crippen molar-refractivity contribution >= 4 is 0 Å². The quantitative estimate of drug-likeness (QED) is 0.671. The van der Waals surface area contributed by atoms with Gasteiger partial charge in [-0.05, 0) is 33.8 Å². The molecule has 0 aliphatic rings. The van der Waals surface area contributed by atoms with Crippen LogP contribution in [0.1, 0.15) is 52.9 Å². The number of furan rings is 1. The van der Waals surface area contributed by atoms with Gasteiger partial charge in [0, 0.05) is 36.8 Å². The first-order chi connectivity index (χ1) is 9.91. The Balaban J connectivity index is 2.34. The van der Waals surface area contributed by atoms with Gasteiger partial charge < -0.3 is 14.5 Å². The van der Waals surface area contributed by atoms with Crippen molar-refractivity contribution in [3.8, 4) is 0 Å². The van der Waals surface area contributed by atoms with Crippen molar-refractivity contribution in [2.24, 2.45) is 0 Å². The minimum atomic E-state index is 0.472. The summed E-state index contributed by atoms with van der Waals surface area (Å²) in [5.41, 5.74) is 1.19. The molecule has 0 amide bonds. The number of rotatable bonds is 10. The van der Waals surface area contributed by atoms with E-state index in [0.29, 0.717) is 24.7 Å². The monoisotopic (exact) mass is 296 g/mol. The van der Waals surface area contributed by atoms with E-state index in [1.165, 1.54) is 5.56 Å². The Hall–Kier alpha value is -0.840. The van der Waals surface area contributed by atoms with Crippen molar-refractivity contribution in [3.63, 3.8) is 0 Å². The lowest BCUT2D eigenvalue weighted by atomic mass is 10.2. The molecule has 0 aromatic carbocycles. The van der Waals surface area contributed by atoms with E-state index in [-0.39, 0.29) is 0 Å². The molecule has 0 aliphatic carbocycles. The SMILES string of the molecule is CC(C)NCc1ccoc1COCCN(C(C)C)C(C)C. The lowest BCUT2D eigenvalue weighted by Crippen LogP contribution is -2.39. The fourth-order valence-corrected chi connectivity index (χ4v) is 2.41. The largest absolute Gasteiger partial charge is 0.467 e. The molecular weight excluding hydrogens is 264 g/mol. The van der Waals surface area contributed by atoms with E-state index in [1.807, 2.05) is 6.07 Å². The van der Waals surface area contributed by atoms with Gasteiger partial charge in [0.2, 0.25) is 0 Å². The normalized spacial score (nSPS) is 12.3. The third-order valence-corrected chi connectivity index (χ3v) is 3.59. The number of nitrogens with zero attached hydrogens (tertiary/aromatic N) is 1. The molecule has 4 nitrogen and oxygen atoms in total. The molecule has 0 saturated heterocycles. The Bertz CT molecular complexity index is 378. The molecule has 0 radical (unpaired) electrons. The number of ether oxygens (including phenoxy) is 1. The molecule has 0 bridgehead atoms. The maximum atomic E-state index is 5.79. The zero-order valence-corrected chi connectivity index (χ0v) is 14.5. The molecule has 1 heterocycles. The van der Waals surface area contributed by atoms with Gasteiger partial charge in [-0.3, -0.25) is 4.90 Å². The van der Waals surface area contributed by atoms with E-state index in [4.69, 9.17) is 9.15 Å². The summed E-state index contributed by atoms with van der Waals surface area (Å²) in [7, 11) is 0. The second-order valence-corrected chi connectivity index (χ2v) is 6.38. The van der Waals surface area contributed by atoms with Crippen molar-refractivity contribution < 1.29 is 9.15 Å². The third-order valence-electron chi connectivity index (χ3n) is 3.59. The maximum Gasteiger partial charge on any atom is 0.133 e. The number of nitrogens with one attached hydrogen (secondary N) is 1. The van der Waals surface area contributed by atoms with E-state index < -0.39 is 0 Å². The van der Waals surface area contributed by atoms with Crippen LogP contribution in [-0.2, 0) is 17.9 Å². The van der Waals surface area contributed by atoms with Gasteiger partial charge in [0.15, 0.2) is 0 Å². The third kappa shape index (κ3) is 6.64. The minimum Gasteiger partial charge on any atom is -0.467 e. The summed E-state index contributed by atoms with van der Waals surface area (Å²) in [6, 6.07) is 3.58. The smallest absolute Gasteiger partial charge is 0.133 e. The van der Waals surface area contributed by atoms with E-state index in [1.54, 1.807) is 6.26 Å². The van der Waals surface area contributed by atoms with Crippen LogP contribution in [0.4, 0.5) is 0 Å². The van der Waals surface area contributed by atoms with Crippen molar-refractivity contribution in [2.45, 2.75) is 72.8 Å². The van der Waals surface area contributed by atoms with E-state index in [9.17, 15) is 0 Å². The lowest BCUT2D eigenvalue weighted by Gasteiger charge is -2.30. The second kappa shape index (κ2) is 9.23. The van der Waals surface area contributed by atoms with E-state index in [0.717, 1.165) is 25.5 Å². The van der Waals surface area contributed by atoms with Gasteiger partial charge in [0.1, 0.15) is 12.4 Å². The first-order valence-electron chi connectivity index (χ1n) is 8.04. The Labute approximate surface area is 129 Å². The molecule has 0 aliphatic heterocycles. The highest BCUT2D eigenvalue weighted by molar-refractivity contribution is 5.16. The van der Waals surface area contributed by atoms with Crippen LogP contribution in [0.3, 0.4) is 0 Å².